The van der Waals surface area contributed by atoms with Crippen molar-refractivity contribution in [2.24, 2.45) is 0 Å². The molecule has 2 aromatic rings. The van der Waals surface area contributed by atoms with E-state index in [0.29, 0.717) is 12.2 Å². The Bertz CT molecular complexity index is 668. The Hall–Kier alpha value is -2.63. The molecule has 3 rings (SSSR count). The van der Waals surface area contributed by atoms with Crippen LogP contribution in [0.15, 0.2) is 42.6 Å². The summed E-state index contributed by atoms with van der Waals surface area (Å²) in [7, 11) is 0. The molecule has 1 aliphatic rings. The van der Waals surface area contributed by atoms with Crippen molar-refractivity contribution in [2.45, 2.75) is 13.3 Å². The first-order valence-electron chi connectivity index (χ1n) is 8.44. The summed E-state index contributed by atoms with van der Waals surface area (Å²) in [6.07, 6.45) is 2.74. The average Bonchev–Trinajstić information content (AvgIpc) is 2.67. The molecule has 0 aromatic carbocycles. The second kappa shape index (κ2) is 7.77. The fourth-order valence-electron chi connectivity index (χ4n) is 2.76. The van der Waals surface area contributed by atoms with Crippen LogP contribution in [-0.4, -0.2) is 48.6 Å². The molecule has 2 aromatic heterocycles. The second-order valence-corrected chi connectivity index (χ2v) is 5.80. The maximum atomic E-state index is 12.1. The summed E-state index contributed by atoms with van der Waals surface area (Å²) in [6, 6.07) is 11.6. The van der Waals surface area contributed by atoms with Crippen LogP contribution in [0.25, 0.3) is 0 Å². The van der Waals surface area contributed by atoms with E-state index < -0.39 is 0 Å². The minimum Gasteiger partial charge on any atom is -0.353 e. The Kier molecular flexibility index (Phi) is 5.25. The lowest BCUT2D eigenvalue weighted by atomic mass is 10.2. The highest BCUT2D eigenvalue weighted by Crippen LogP contribution is 2.17. The van der Waals surface area contributed by atoms with Crippen molar-refractivity contribution < 1.29 is 4.79 Å². The van der Waals surface area contributed by atoms with Crippen LogP contribution in [0.2, 0.25) is 0 Å². The number of aromatic nitrogens is 2. The fourth-order valence-corrected chi connectivity index (χ4v) is 2.76. The third-order valence-corrected chi connectivity index (χ3v) is 4.08. The molecule has 0 saturated carbocycles. The molecule has 0 atom stereocenters. The maximum Gasteiger partial charge on any atom is 0.269 e. The molecular weight excluding hydrogens is 302 g/mol. The molecule has 1 aliphatic heterocycles. The highest BCUT2D eigenvalue weighted by atomic mass is 16.1. The first-order chi connectivity index (χ1) is 11.8. The molecule has 0 aliphatic carbocycles. The van der Waals surface area contributed by atoms with Gasteiger partial charge in [-0.2, -0.15) is 0 Å². The van der Waals surface area contributed by atoms with Crippen LogP contribution in [-0.2, 0) is 0 Å². The van der Waals surface area contributed by atoms with Gasteiger partial charge in [0.25, 0.3) is 5.91 Å². The topological polar surface area (TPSA) is 61.4 Å². The van der Waals surface area contributed by atoms with E-state index in [4.69, 9.17) is 0 Å². The average molecular weight is 325 g/mol. The van der Waals surface area contributed by atoms with Gasteiger partial charge in [0, 0.05) is 38.9 Å². The van der Waals surface area contributed by atoms with Crippen molar-refractivity contribution in [2.75, 3.05) is 42.5 Å². The predicted octanol–water partition coefficient (Wildman–Crippen LogP) is 1.94. The zero-order chi connectivity index (χ0) is 16.8. The Labute approximate surface area is 142 Å². The van der Waals surface area contributed by atoms with Crippen LogP contribution in [0.1, 0.15) is 23.8 Å². The number of pyridine rings is 2. The molecule has 0 bridgehead atoms. The van der Waals surface area contributed by atoms with Gasteiger partial charge in [-0.25, -0.2) is 9.97 Å². The summed E-state index contributed by atoms with van der Waals surface area (Å²) in [6.45, 7) is 6.22. The lowest BCUT2D eigenvalue weighted by Crippen LogP contribution is -2.47. The summed E-state index contributed by atoms with van der Waals surface area (Å²) in [5, 5.41) is 2.87. The quantitative estimate of drug-likeness (QED) is 0.910. The second-order valence-electron chi connectivity index (χ2n) is 5.80. The highest BCUT2D eigenvalue weighted by Gasteiger charge is 2.19. The van der Waals surface area contributed by atoms with Gasteiger partial charge in [-0.15, -0.1) is 0 Å². The molecule has 6 heteroatoms. The molecule has 126 valence electrons. The number of nitrogens with one attached hydrogen (secondary N) is 1. The van der Waals surface area contributed by atoms with E-state index in [2.05, 4.69) is 25.1 Å². The van der Waals surface area contributed by atoms with Crippen LogP contribution >= 0.6 is 0 Å². The predicted molar refractivity (Wildman–Crippen MR) is 95.5 cm³/mol. The molecular formula is C18H23N5O. The lowest BCUT2D eigenvalue weighted by molar-refractivity contribution is 0.0949. The number of carbonyl (C=O) groups is 1. The van der Waals surface area contributed by atoms with Gasteiger partial charge in [-0.05, 0) is 30.7 Å². The Morgan fingerprint density at radius 3 is 2.42 bits per heavy atom. The number of carbonyl (C=O) groups excluding carboxylic acids is 1. The molecule has 24 heavy (non-hydrogen) atoms. The van der Waals surface area contributed by atoms with Crippen LogP contribution in [0.4, 0.5) is 11.6 Å². The highest BCUT2D eigenvalue weighted by molar-refractivity contribution is 5.92. The van der Waals surface area contributed by atoms with E-state index in [1.807, 2.05) is 43.5 Å². The smallest absolute Gasteiger partial charge is 0.269 e. The van der Waals surface area contributed by atoms with Gasteiger partial charge in [0.1, 0.15) is 17.3 Å². The van der Waals surface area contributed by atoms with E-state index >= 15 is 0 Å². The summed E-state index contributed by atoms with van der Waals surface area (Å²) in [5.41, 5.74) is 0.480. The van der Waals surface area contributed by atoms with Crippen molar-refractivity contribution in [3.63, 3.8) is 0 Å². The normalized spacial score (nSPS) is 14.5. The zero-order valence-corrected chi connectivity index (χ0v) is 14.0. The molecule has 1 fully saturated rings. The van der Waals surface area contributed by atoms with Crippen LogP contribution < -0.4 is 15.1 Å². The van der Waals surface area contributed by atoms with Crippen molar-refractivity contribution in [3.8, 4) is 0 Å². The number of anilines is 2. The standard InChI is InChI=1S/C18H23N5O/c1-2-9-20-18(24)15-6-5-8-17(21-15)23-13-11-22(12-14-23)16-7-3-4-10-19-16/h3-8,10H,2,9,11-14H2,1H3,(H,20,24). The number of hydrogen-bond acceptors (Lipinski definition) is 5. The van der Waals surface area contributed by atoms with Gasteiger partial charge in [0.05, 0.1) is 0 Å². The van der Waals surface area contributed by atoms with Crippen molar-refractivity contribution in [3.05, 3.63) is 48.3 Å². The van der Waals surface area contributed by atoms with Gasteiger partial charge >= 0.3 is 0 Å². The van der Waals surface area contributed by atoms with E-state index in [0.717, 1.165) is 44.2 Å². The molecule has 3 heterocycles. The summed E-state index contributed by atoms with van der Waals surface area (Å²) < 4.78 is 0. The monoisotopic (exact) mass is 325 g/mol. The van der Waals surface area contributed by atoms with E-state index in [1.54, 1.807) is 6.07 Å². The fraction of sp³-hybridized carbons (Fsp3) is 0.389. The molecule has 0 spiro atoms. The van der Waals surface area contributed by atoms with Crippen LogP contribution in [0.5, 0.6) is 0 Å². The molecule has 1 saturated heterocycles. The van der Waals surface area contributed by atoms with Crippen molar-refractivity contribution in [1.82, 2.24) is 15.3 Å². The number of nitrogens with zero attached hydrogens (tertiary/aromatic N) is 4. The molecule has 1 N–H and O–H groups in total. The number of hydrogen-bond donors (Lipinski definition) is 1. The van der Waals surface area contributed by atoms with Gasteiger partial charge in [0.15, 0.2) is 0 Å². The SMILES string of the molecule is CCCNC(=O)c1cccc(N2CCN(c3ccccn3)CC2)n1. The van der Waals surface area contributed by atoms with Crippen LogP contribution in [0.3, 0.4) is 0 Å². The summed E-state index contributed by atoms with van der Waals surface area (Å²) in [4.78, 5) is 25.5. The van der Waals surface area contributed by atoms with E-state index in [1.165, 1.54) is 0 Å². The number of piperazine rings is 1. The van der Waals surface area contributed by atoms with E-state index in [-0.39, 0.29) is 5.91 Å². The molecule has 6 nitrogen and oxygen atoms in total. The lowest BCUT2D eigenvalue weighted by Gasteiger charge is -2.36. The number of rotatable bonds is 5. The van der Waals surface area contributed by atoms with Crippen molar-refractivity contribution in [1.29, 1.82) is 0 Å². The Balaban J connectivity index is 1.63. The molecule has 1 amide bonds. The Morgan fingerprint density at radius 2 is 1.75 bits per heavy atom. The van der Waals surface area contributed by atoms with Gasteiger partial charge in [-0.1, -0.05) is 19.1 Å². The first kappa shape index (κ1) is 16.2. The third-order valence-electron chi connectivity index (χ3n) is 4.08. The first-order valence-corrected chi connectivity index (χ1v) is 8.44. The minimum absolute atomic E-state index is 0.106. The molecule has 0 unspecified atom stereocenters. The van der Waals surface area contributed by atoms with Gasteiger partial charge in [0.2, 0.25) is 0 Å². The number of amides is 1. The van der Waals surface area contributed by atoms with Gasteiger partial charge in [-0.3, -0.25) is 4.79 Å². The van der Waals surface area contributed by atoms with Crippen LogP contribution in [0, 0.1) is 0 Å². The zero-order valence-electron chi connectivity index (χ0n) is 14.0. The largest absolute Gasteiger partial charge is 0.353 e. The summed E-state index contributed by atoms with van der Waals surface area (Å²) in [5.74, 6) is 1.77. The molecule has 0 radical (unpaired) electrons. The van der Waals surface area contributed by atoms with Gasteiger partial charge < -0.3 is 15.1 Å². The Morgan fingerprint density at radius 1 is 1.04 bits per heavy atom. The third kappa shape index (κ3) is 3.82. The van der Waals surface area contributed by atoms with E-state index in [9.17, 15) is 4.79 Å². The summed E-state index contributed by atoms with van der Waals surface area (Å²) >= 11 is 0. The van der Waals surface area contributed by atoms with Crippen molar-refractivity contribution >= 4 is 17.5 Å². The maximum absolute atomic E-state index is 12.1. The minimum atomic E-state index is -0.106.